The van der Waals surface area contributed by atoms with Crippen LogP contribution >= 0.6 is 0 Å². The maximum absolute atomic E-state index is 11.1. The van der Waals surface area contributed by atoms with Crippen molar-refractivity contribution in [3.05, 3.63) is 28.3 Å². The number of nitrogens with zero attached hydrogens (tertiary/aromatic N) is 2. The first-order valence-corrected chi connectivity index (χ1v) is 5.78. The van der Waals surface area contributed by atoms with Gasteiger partial charge in [-0.1, -0.05) is 0 Å². The number of aliphatic carboxylic acids is 1. The third kappa shape index (κ3) is 3.84. The highest BCUT2D eigenvalue weighted by Crippen LogP contribution is 2.32. The first-order chi connectivity index (χ1) is 8.99. The Morgan fingerprint density at radius 2 is 2.21 bits per heavy atom. The molecule has 0 aliphatic heterocycles. The fourth-order valence-electron chi connectivity index (χ4n) is 1.72. The number of benzene rings is 1. The largest absolute Gasteiger partial charge is 0.496 e. The van der Waals surface area contributed by atoms with Crippen LogP contribution in [-0.4, -0.2) is 36.2 Å². The molecule has 0 bridgehead atoms. The molecular formula is C12H16N2O5. The van der Waals surface area contributed by atoms with Crippen molar-refractivity contribution in [3.63, 3.8) is 0 Å². The highest BCUT2D eigenvalue weighted by atomic mass is 16.6. The number of rotatable bonds is 7. The first-order valence-electron chi connectivity index (χ1n) is 5.78. The fourth-order valence-corrected chi connectivity index (χ4v) is 1.72. The zero-order valence-corrected chi connectivity index (χ0v) is 10.8. The molecule has 19 heavy (non-hydrogen) atoms. The van der Waals surface area contributed by atoms with Crippen LogP contribution in [-0.2, 0) is 4.79 Å². The maximum atomic E-state index is 11.1. The van der Waals surface area contributed by atoms with Crippen molar-refractivity contribution in [2.45, 2.75) is 13.3 Å². The molecule has 104 valence electrons. The minimum atomic E-state index is -0.936. The molecule has 0 spiro atoms. The molecule has 0 atom stereocenters. The van der Waals surface area contributed by atoms with Gasteiger partial charge in [0.05, 0.1) is 24.5 Å². The van der Waals surface area contributed by atoms with E-state index in [0.29, 0.717) is 18.0 Å². The minimum absolute atomic E-state index is 0.0724. The number of methoxy groups -OCH3 is 1. The van der Waals surface area contributed by atoms with Gasteiger partial charge in [0, 0.05) is 13.1 Å². The van der Waals surface area contributed by atoms with E-state index in [1.807, 2.05) is 6.92 Å². The number of hydrogen-bond donors (Lipinski definition) is 1. The summed E-state index contributed by atoms with van der Waals surface area (Å²) >= 11 is 0. The zero-order valence-electron chi connectivity index (χ0n) is 10.8. The predicted molar refractivity (Wildman–Crippen MR) is 69.8 cm³/mol. The smallest absolute Gasteiger partial charge is 0.305 e. The quantitative estimate of drug-likeness (QED) is 0.599. The molecule has 0 fully saturated rings. The number of carboxylic acids is 1. The summed E-state index contributed by atoms with van der Waals surface area (Å²) in [5, 5.41) is 19.7. The lowest BCUT2D eigenvalue weighted by molar-refractivity contribution is -0.384. The van der Waals surface area contributed by atoms with Crippen LogP contribution in [0.2, 0.25) is 0 Å². The summed E-state index contributed by atoms with van der Waals surface area (Å²) in [5.74, 6) is -0.542. The molecule has 0 aliphatic carbocycles. The van der Waals surface area contributed by atoms with E-state index in [1.165, 1.54) is 13.2 Å². The van der Waals surface area contributed by atoms with Crippen LogP contribution in [0.1, 0.15) is 13.3 Å². The second-order valence-corrected chi connectivity index (χ2v) is 3.84. The predicted octanol–water partition coefficient (Wildman–Crippen LogP) is 1.90. The molecule has 1 aromatic rings. The molecule has 1 rings (SSSR count). The SMILES string of the molecule is CCN(CCC(=O)O)c1ccc(OC)cc1[N+](=O)[O-]. The molecule has 0 amide bonds. The number of ether oxygens (including phenoxy) is 1. The van der Waals surface area contributed by atoms with E-state index in [2.05, 4.69) is 0 Å². The average Bonchev–Trinajstić information content (AvgIpc) is 2.39. The van der Waals surface area contributed by atoms with Crippen LogP contribution in [0.4, 0.5) is 11.4 Å². The van der Waals surface area contributed by atoms with Gasteiger partial charge >= 0.3 is 5.97 Å². The van der Waals surface area contributed by atoms with E-state index in [4.69, 9.17) is 9.84 Å². The monoisotopic (exact) mass is 268 g/mol. The lowest BCUT2D eigenvalue weighted by Crippen LogP contribution is -2.26. The van der Waals surface area contributed by atoms with E-state index < -0.39 is 10.9 Å². The maximum Gasteiger partial charge on any atom is 0.305 e. The molecule has 7 heteroatoms. The molecule has 0 saturated carbocycles. The average molecular weight is 268 g/mol. The molecule has 0 heterocycles. The van der Waals surface area contributed by atoms with Crippen molar-refractivity contribution < 1.29 is 19.6 Å². The van der Waals surface area contributed by atoms with E-state index in [9.17, 15) is 14.9 Å². The molecule has 0 radical (unpaired) electrons. The van der Waals surface area contributed by atoms with Crippen molar-refractivity contribution in [2.75, 3.05) is 25.1 Å². The van der Waals surface area contributed by atoms with Gasteiger partial charge < -0.3 is 14.7 Å². The van der Waals surface area contributed by atoms with Gasteiger partial charge in [-0.05, 0) is 19.1 Å². The standard InChI is InChI=1S/C12H16N2O5/c1-3-13(7-6-12(15)16)10-5-4-9(19-2)8-11(10)14(17)18/h4-5,8H,3,6-7H2,1-2H3,(H,15,16). The van der Waals surface area contributed by atoms with Gasteiger partial charge in [-0.25, -0.2) is 0 Å². The van der Waals surface area contributed by atoms with Gasteiger partial charge in [0.1, 0.15) is 11.4 Å². The summed E-state index contributed by atoms with van der Waals surface area (Å²) in [7, 11) is 1.43. The van der Waals surface area contributed by atoms with Gasteiger partial charge in [0.25, 0.3) is 5.69 Å². The molecular weight excluding hydrogens is 252 g/mol. The summed E-state index contributed by atoms with van der Waals surface area (Å²) < 4.78 is 4.95. The summed E-state index contributed by atoms with van der Waals surface area (Å²) in [6, 6.07) is 4.52. The van der Waals surface area contributed by atoms with Gasteiger partial charge in [-0.2, -0.15) is 0 Å². The Hall–Kier alpha value is -2.31. The van der Waals surface area contributed by atoms with E-state index >= 15 is 0 Å². The highest BCUT2D eigenvalue weighted by Gasteiger charge is 2.20. The van der Waals surface area contributed by atoms with Crippen LogP contribution in [0.25, 0.3) is 0 Å². The minimum Gasteiger partial charge on any atom is -0.496 e. The van der Waals surface area contributed by atoms with E-state index in [-0.39, 0.29) is 18.7 Å². The number of nitro groups is 1. The fraction of sp³-hybridized carbons (Fsp3) is 0.417. The first kappa shape index (κ1) is 14.7. The number of nitro benzene ring substituents is 1. The number of carboxylic acid groups (broad SMARTS) is 1. The Kier molecular flexibility index (Phi) is 5.11. The highest BCUT2D eigenvalue weighted by molar-refractivity contribution is 5.69. The van der Waals surface area contributed by atoms with Crippen LogP contribution in [0.3, 0.4) is 0 Å². The second-order valence-electron chi connectivity index (χ2n) is 3.84. The van der Waals surface area contributed by atoms with Crippen LogP contribution in [0.15, 0.2) is 18.2 Å². The van der Waals surface area contributed by atoms with Crippen molar-refractivity contribution in [2.24, 2.45) is 0 Å². The lowest BCUT2D eigenvalue weighted by Gasteiger charge is -2.22. The summed E-state index contributed by atoms with van der Waals surface area (Å²) in [5.41, 5.74) is 0.307. The Labute approximate surface area is 110 Å². The van der Waals surface area contributed by atoms with Gasteiger partial charge in [0.2, 0.25) is 0 Å². The van der Waals surface area contributed by atoms with Crippen molar-refractivity contribution in [3.8, 4) is 5.75 Å². The molecule has 0 aromatic heterocycles. The van der Waals surface area contributed by atoms with Crippen LogP contribution in [0.5, 0.6) is 5.75 Å². The summed E-state index contributed by atoms with van der Waals surface area (Å²) in [6.45, 7) is 2.52. The molecule has 1 aromatic carbocycles. The lowest BCUT2D eigenvalue weighted by atomic mass is 10.2. The molecule has 7 nitrogen and oxygen atoms in total. The van der Waals surface area contributed by atoms with Gasteiger partial charge in [-0.15, -0.1) is 0 Å². The molecule has 0 saturated heterocycles. The van der Waals surface area contributed by atoms with Crippen molar-refractivity contribution in [1.29, 1.82) is 0 Å². The Balaban J connectivity index is 3.08. The topological polar surface area (TPSA) is 92.9 Å². The van der Waals surface area contributed by atoms with E-state index in [1.54, 1.807) is 17.0 Å². The molecule has 0 unspecified atom stereocenters. The van der Waals surface area contributed by atoms with Crippen LogP contribution < -0.4 is 9.64 Å². The number of carbonyl (C=O) groups is 1. The van der Waals surface area contributed by atoms with E-state index in [0.717, 1.165) is 0 Å². The van der Waals surface area contributed by atoms with Crippen LogP contribution in [0, 0.1) is 10.1 Å². The van der Waals surface area contributed by atoms with Crippen molar-refractivity contribution >= 4 is 17.3 Å². The van der Waals surface area contributed by atoms with Crippen molar-refractivity contribution in [1.82, 2.24) is 0 Å². The summed E-state index contributed by atoms with van der Waals surface area (Å²) in [6.07, 6.45) is -0.0724. The normalized spacial score (nSPS) is 10.0. The zero-order chi connectivity index (χ0) is 14.4. The number of hydrogen-bond acceptors (Lipinski definition) is 5. The third-order valence-electron chi connectivity index (χ3n) is 2.70. The summed E-state index contributed by atoms with van der Waals surface area (Å²) in [4.78, 5) is 22.8. The molecule has 1 N–H and O–H groups in total. The van der Waals surface area contributed by atoms with Gasteiger partial charge in [-0.3, -0.25) is 14.9 Å². The Morgan fingerprint density at radius 1 is 1.53 bits per heavy atom. The number of anilines is 1. The molecule has 0 aliphatic rings. The second kappa shape index (κ2) is 6.58. The van der Waals surface area contributed by atoms with Gasteiger partial charge in [0.15, 0.2) is 0 Å². The Morgan fingerprint density at radius 3 is 2.68 bits per heavy atom. The third-order valence-corrected chi connectivity index (χ3v) is 2.70. The Bertz CT molecular complexity index is 475.